The second kappa shape index (κ2) is 11.2. The molecule has 3 aromatic rings. The minimum atomic E-state index is -4.02. The number of ether oxygens (including phenoxy) is 2. The van der Waals surface area contributed by atoms with Gasteiger partial charge in [0.05, 0.1) is 30.7 Å². The molecule has 38 heavy (non-hydrogen) atoms. The highest BCUT2D eigenvalue weighted by Crippen LogP contribution is 2.38. The van der Waals surface area contributed by atoms with Crippen molar-refractivity contribution in [1.82, 2.24) is 4.90 Å². The van der Waals surface area contributed by atoms with Crippen molar-refractivity contribution in [3.63, 3.8) is 0 Å². The fourth-order valence-electron chi connectivity index (χ4n) is 3.91. The van der Waals surface area contributed by atoms with Crippen LogP contribution in [0.4, 0.5) is 19.9 Å². The van der Waals surface area contributed by atoms with Crippen LogP contribution in [0.2, 0.25) is 0 Å². The van der Waals surface area contributed by atoms with E-state index in [4.69, 9.17) is 9.47 Å². The van der Waals surface area contributed by atoms with Gasteiger partial charge in [0.25, 0.3) is 15.9 Å². The van der Waals surface area contributed by atoms with Crippen LogP contribution in [0.3, 0.4) is 0 Å². The minimum Gasteiger partial charge on any atom is -0.465 e. The van der Waals surface area contributed by atoms with Crippen molar-refractivity contribution in [2.45, 2.75) is 24.8 Å². The fourth-order valence-corrected chi connectivity index (χ4v) is 6.20. The average Bonchev–Trinajstić information content (AvgIpc) is 3.25. The number of methoxy groups -OCH3 is 1. The van der Waals surface area contributed by atoms with E-state index in [1.165, 1.54) is 36.3 Å². The molecule has 0 saturated heterocycles. The van der Waals surface area contributed by atoms with Gasteiger partial charge in [0, 0.05) is 22.7 Å². The number of anilines is 2. The Kier molecular flexibility index (Phi) is 7.97. The summed E-state index contributed by atoms with van der Waals surface area (Å²) in [6, 6.07) is 10.1. The molecular weight excluding hydrogens is 537 g/mol. The molecule has 13 heteroatoms. The van der Waals surface area contributed by atoms with E-state index >= 15 is 0 Å². The van der Waals surface area contributed by atoms with E-state index in [0.29, 0.717) is 18.5 Å². The summed E-state index contributed by atoms with van der Waals surface area (Å²) in [5, 5.41) is 2.98. The van der Waals surface area contributed by atoms with Gasteiger partial charge in [-0.05, 0) is 61.4 Å². The van der Waals surface area contributed by atoms with Crippen molar-refractivity contribution in [2.75, 3.05) is 30.3 Å². The fraction of sp³-hybridized carbons (Fsp3) is 0.240. The lowest BCUT2D eigenvalue weighted by Crippen LogP contribution is -2.36. The van der Waals surface area contributed by atoms with Crippen LogP contribution in [-0.2, 0) is 32.5 Å². The maximum atomic E-state index is 13.2. The van der Waals surface area contributed by atoms with Gasteiger partial charge in [-0.15, -0.1) is 11.3 Å². The van der Waals surface area contributed by atoms with Crippen molar-refractivity contribution < 1.29 is 36.7 Å². The van der Waals surface area contributed by atoms with Crippen LogP contribution in [0.25, 0.3) is 0 Å². The van der Waals surface area contributed by atoms with Crippen LogP contribution in [-0.4, -0.2) is 51.5 Å². The lowest BCUT2D eigenvalue weighted by Gasteiger charge is -2.26. The molecule has 0 radical (unpaired) electrons. The normalized spacial score (nSPS) is 12.9. The molecule has 10 nitrogen and oxygen atoms in total. The van der Waals surface area contributed by atoms with Crippen LogP contribution in [0.1, 0.15) is 38.1 Å². The summed E-state index contributed by atoms with van der Waals surface area (Å²) in [6.07, 6.45) is -0.0809. The zero-order valence-corrected chi connectivity index (χ0v) is 22.1. The lowest BCUT2D eigenvalue weighted by molar-refractivity contribution is 0.0600. The van der Waals surface area contributed by atoms with E-state index in [1.807, 2.05) is 0 Å². The number of rotatable bonds is 7. The molecule has 0 fully saturated rings. The predicted molar refractivity (Wildman–Crippen MR) is 138 cm³/mol. The van der Waals surface area contributed by atoms with Gasteiger partial charge in [0.2, 0.25) is 0 Å². The summed E-state index contributed by atoms with van der Waals surface area (Å²) in [7, 11) is -2.78. The van der Waals surface area contributed by atoms with Gasteiger partial charge in [-0.1, -0.05) is 6.07 Å². The molecule has 0 saturated carbocycles. The van der Waals surface area contributed by atoms with E-state index < -0.39 is 33.8 Å². The van der Waals surface area contributed by atoms with E-state index in [0.717, 1.165) is 40.5 Å². The van der Waals surface area contributed by atoms with E-state index in [2.05, 4.69) is 10.0 Å². The first kappa shape index (κ1) is 27.1. The Labute approximate surface area is 222 Å². The van der Waals surface area contributed by atoms with Crippen LogP contribution in [0.5, 0.6) is 0 Å². The van der Waals surface area contributed by atoms with Crippen molar-refractivity contribution in [2.24, 2.45) is 0 Å². The number of hydrogen-bond donors (Lipinski definition) is 2. The number of fused-ring (bicyclic) bond motifs is 1. The number of esters is 1. The smallest absolute Gasteiger partial charge is 0.410 e. The number of nitrogens with zero attached hydrogens (tertiary/aromatic N) is 1. The zero-order chi connectivity index (χ0) is 27.4. The number of carbonyl (C=O) groups is 3. The van der Waals surface area contributed by atoms with Gasteiger partial charge < -0.3 is 19.7 Å². The average molecular weight is 562 g/mol. The molecule has 1 aromatic heterocycles. The quantitative estimate of drug-likeness (QED) is 0.413. The molecule has 0 unspecified atom stereocenters. The van der Waals surface area contributed by atoms with Gasteiger partial charge in [-0.25, -0.2) is 22.4 Å². The van der Waals surface area contributed by atoms with Crippen LogP contribution in [0.15, 0.2) is 53.4 Å². The highest BCUT2D eigenvalue weighted by molar-refractivity contribution is 7.92. The van der Waals surface area contributed by atoms with Gasteiger partial charge >= 0.3 is 12.1 Å². The molecule has 200 valence electrons. The molecule has 2 aromatic carbocycles. The molecule has 0 bridgehead atoms. The summed E-state index contributed by atoms with van der Waals surface area (Å²) in [5.41, 5.74) is 1.15. The molecular formula is C25H24FN3O7S2. The number of nitrogens with one attached hydrogen (secondary N) is 2. The van der Waals surface area contributed by atoms with Crippen molar-refractivity contribution >= 4 is 50.0 Å². The molecule has 0 spiro atoms. The Hall–Kier alpha value is -3.97. The summed E-state index contributed by atoms with van der Waals surface area (Å²) in [5.74, 6) is -1.78. The highest BCUT2D eigenvalue weighted by Gasteiger charge is 2.31. The predicted octanol–water partition coefficient (Wildman–Crippen LogP) is 4.24. The molecule has 0 aliphatic carbocycles. The first-order valence-electron chi connectivity index (χ1n) is 11.5. The Morgan fingerprint density at radius 3 is 2.55 bits per heavy atom. The largest absolute Gasteiger partial charge is 0.465 e. The monoisotopic (exact) mass is 561 g/mol. The standard InChI is InChI=1S/C25H24FN3O7S2/c1-3-36-25(32)29-12-11-19-20(14-29)37-23(21(19)24(31)35-2)27-22(30)15-5-4-6-17(13-15)28-38(33,34)18-9-7-16(26)8-10-18/h4-10,13,28H,3,11-12,14H2,1-2H3,(H,27,30). The number of benzene rings is 2. The van der Waals surface area contributed by atoms with E-state index in [1.54, 1.807) is 6.92 Å². The van der Waals surface area contributed by atoms with Gasteiger partial charge in [0.1, 0.15) is 10.8 Å². The molecule has 1 aliphatic heterocycles. The number of sulfonamides is 1. The maximum Gasteiger partial charge on any atom is 0.410 e. The Morgan fingerprint density at radius 1 is 1.13 bits per heavy atom. The second-order valence-corrected chi connectivity index (χ2v) is 11.0. The summed E-state index contributed by atoms with van der Waals surface area (Å²) in [4.78, 5) is 40.0. The van der Waals surface area contributed by atoms with Crippen molar-refractivity contribution in [1.29, 1.82) is 0 Å². The van der Waals surface area contributed by atoms with Crippen LogP contribution < -0.4 is 10.0 Å². The molecule has 2 N–H and O–H groups in total. The van der Waals surface area contributed by atoms with Gasteiger partial charge in [0.15, 0.2) is 0 Å². The van der Waals surface area contributed by atoms with Crippen molar-refractivity contribution in [3.05, 3.63) is 75.9 Å². The van der Waals surface area contributed by atoms with Gasteiger partial charge in [-0.2, -0.15) is 0 Å². The van der Waals surface area contributed by atoms with Crippen LogP contribution >= 0.6 is 11.3 Å². The van der Waals surface area contributed by atoms with Gasteiger partial charge in [-0.3, -0.25) is 9.52 Å². The molecule has 1 aliphatic rings. The first-order valence-corrected chi connectivity index (χ1v) is 13.8. The minimum absolute atomic E-state index is 0.116. The third-order valence-corrected chi connectivity index (χ3v) is 8.23. The summed E-state index contributed by atoms with van der Waals surface area (Å²) >= 11 is 1.16. The number of thiophene rings is 1. The Balaban J connectivity index is 1.56. The SMILES string of the molecule is CCOC(=O)N1CCc2c(sc(NC(=O)c3cccc(NS(=O)(=O)c4ccc(F)cc4)c3)c2C(=O)OC)C1. The number of halogens is 1. The maximum absolute atomic E-state index is 13.2. The third kappa shape index (κ3) is 5.78. The molecule has 2 heterocycles. The van der Waals surface area contributed by atoms with E-state index in [9.17, 15) is 27.2 Å². The Morgan fingerprint density at radius 2 is 1.87 bits per heavy atom. The van der Waals surface area contributed by atoms with Crippen molar-refractivity contribution in [3.8, 4) is 0 Å². The topological polar surface area (TPSA) is 131 Å². The molecule has 2 amide bonds. The number of carbonyl (C=O) groups excluding carboxylic acids is 3. The Bertz CT molecular complexity index is 1490. The first-order chi connectivity index (χ1) is 18.1. The van der Waals surface area contributed by atoms with Crippen LogP contribution in [0, 0.1) is 5.82 Å². The summed E-state index contributed by atoms with van der Waals surface area (Å²) < 4.78 is 50.8. The molecule has 0 atom stereocenters. The number of amides is 2. The third-order valence-electron chi connectivity index (χ3n) is 5.70. The number of hydrogen-bond acceptors (Lipinski definition) is 8. The van der Waals surface area contributed by atoms with E-state index in [-0.39, 0.29) is 39.9 Å². The lowest BCUT2D eigenvalue weighted by atomic mass is 10.0. The zero-order valence-electron chi connectivity index (χ0n) is 20.4. The second-order valence-electron chi connectivity index (χ2n) is 8.16. The summed E-state index contributed by atoms with van der Waals surface area (Å²) in [6.45, 7) is 2.51. The highest BCUT2D eigenvalue weighted by atomic mass is 32.2. The molecule has 4 rings (SSSR count).